The minimum atomic E-state index is -0.338. The Morgan fingerprint density at radius 2 is 1.80 bits per heavy atom. The van der Waals surface area contributed by atoms with E-state index in [2.05, 4.69) is 11.4 Å². The highest BCUT2D eigenvalue weighted by Crippen LogP contribution is 2.30. The fourth-order valence-electron chi connectivity index (χ4n) is 5.23. The van der Waals surface area contributed by atoms with Crippen molar-refractivity contribution in [2.24, 2.45) is 5.92 Å². The van der Waals surface area contributed by atoms with Crippen molar-refractivity contribution >= 4 is 57.7 Å². The van der Waals surface area contributed by atoms with E-state index in [9.17, 15) is 9.59 Å². The highest BCUT2D eigenvalue weighted by Gasteiger charge is 2.25. The van der Waals surface area contributed by atoms with Crippen LogP contribution in [0.5, 0.6) is 0 Å². The van der Waals surface area contributed by atoms with Crippen molar-refractivity contribution in [2.45, 2.75) is 45.1 Å². The summed E-state index contributed by atoms with van der Waals surface area (Å²) < 4.78 is 1.94. The summed E-state index contributed by atoms with van der Waals surface area (Å²) in [5.74, 6) is 0.229. The highest BCUT2D eigenvalue weighted by atomic mass is 35.5. The van der Waals surface area contributed by atoms with Crippen LogP contribution < -0.4 is 10.2 Å². The minimum Gasteiger partial charge on any atom is -0.315 e. The van der Waals surface area contributed by atoms with E-state index in [1.165, 1.54) is 6.42 Å². The number of anilines is 2. The Morgan fingerprint density at radius 3 is 2.50 bits per heavy atom. The van der Waals surface area contributed by atoms with Gasteiger partial charge in [0, 0.05) is 40.8 Å². The van der Waals surface area contributed by atoms with Crippen molar-refractivity contribution in [1.82, 2.24) is 9.55 Å². The summed E-state index contributed by atoms with van der Waals surface area (Å²) in [7, 11) is 1.81. The van der Waals surface area contributed by atoms with E-state index in [4.69, 9.17) is 33.4 Å². The lowest BCUT2D eigenvalue weighted by atomic mass is 9.88. The maximum absolute atomic E-state index is 13.2. The van der Waals surface area contributed by atoms with Crippen LogP contribution in [0.1, 0.15) is 53.6 Å². The number of halogens is 2. The first-order valence-corrected chi connectivity index (χ1v) is 14.1. The van der Waals surface area contributed by atoms with Crippen LogP contribution in [0.4, 0.5) is 11.6 Å². The molecule has 1 fully saturated rings. The van der Waals surface area contributed by atoms with Gasteiger partial charge in [-0.3, -0.25) is 14.9 Å². The van der Waals surface area contributed by atoms with Gasteiger partial charge < -0.3 is 9.47 Å². The molecule has 1 saturated carbocycles. The predicted octanol–water partition coefficient (Wildman–Crippen LogP) is 7.25. The van der Waals surface area contributed by atoms with Crippen LogP contribution in [0.2, 0.25) is 10.0 Å². The molecule has 3 aromatic carbocycles. The van der Waals surface area contributed by atoms with Gasteiger partial charge in [0.1, 0.15) is 0 Å². The monoisotopic (exact) mass is 573 g/mol. The summed E-state index contributed by atoms with van der Waals surface area (Å²) in [5.41, 5.74) is 4.06. The molecule has 204 valence electrons. The van der Waals surface area contributed by atoms with Crippen molar-refractivity contribution in [2.75, 3.05) is 17.3 Å². The number of imidazole rings is 1. The Morgan fingerprint density at radius 1 is 1.05 bits per heavy atom. The number of carbonyl (C=O) groups is 2. The average Bonchev–Trinajstić information content (AvgIpc) is 3.32. The Bertz CT molecular complexity index is 1600. The zero-order valence-corrected chi connectivity index (χ0v) is 23.7. The van der Waals surface area contributed by atoms with Crippen LogP contribution >= 0.6 is 23.2 Å². The van der Waals surface area contributed by atoms with E-state index in [0.717, 1.165) is 42.5 Å². The largest absolute Gasteiger partial charge is 0.315 e. The lowest BCUT2D eigenvalue weighted by molar-refractivity contribution is -0.123. The van der Waals surface area contributed by atoms with Crippen molar-refractivity contribution in [3.63, 3.8) is 0 Å². The zero-order chi connectivity index (χ0) is 28.2. The number of carbonyl (C=O) groups excluding carboxylic acids is 2. The molecule has 1 aliphatic rings. The van der Waals surface area contributed by atoms with Crippen LogP contribution in [0.25, 0.3) is 11.0 Å². The normalized spacial score (nSPS) is 13.7. The summed E-state index contributed by atoms with van der Waals surface area (Å²) >= 11 is 12.5. The Kier molecular flexibility index (Phi) is 8.39. The lowest BCUT2D eigenvalue weighted by Crippen LogP contribution is -2.33. The molecule has 0 unspecified atom stereocenters. The van der Waals surface area contributed by atoms with Crippen LogP contribution in [0.3, 0.4) is 0 Å². The second kappa shape index (κ2) is 12.1. The summed E-state index contributed by atoms with van der Waals surface area (Å²) in [4.78, 5) is 32.8. The quantitative estimate of drug-likeness (QED) is 0.252. The van der Waals surface area contributed by atoms with Gasteiger partial charge in [-0.05, 0) is 79.4 Å². The van der Waals surface area contributed by atoms with Gasteiger partial charge in [-0.25, -0.2) is 4.98 Å². The van der Waals surface area contributed by atoms with Gasteiger partial charge in [-0.15, -0.1) is 0 Å². The molecule has 1 heterocycles. The lowest BCUT2D eigenvalue weighted by Gasteiger charge is -2.26. The summed E-state index contributed by atoms with van der Waals surface area (Å²) in [6, 6.07) is 19.6. The van der Waals surface area contributed by atoms with E-state index in [1.807, 2.05) is 35.9 Å². The van der Waals surface area contributed by atoms with E-state index >= 15 is 0 Å². The third kappa shape index (κ3) is 5.99. The van der Waals surface area contributed by atoms with Gasteiger partial charge in [0.05, 0.1) is 22.7 Å². The molecule has 1 N–H and O–H groups in total. The SMILES string of the molecule is CN(C(=O)C1CCCCC1)c1ccc2c(c1)nc(NC(=O)c1ccc(C#N)cc1)n2CCc1ccc(Cl)cc1Cl. The zero-order valence-electron chi connectivity index (χ0n) is 22.2. The number of fused-ring (bicyclic) bond motifs is 1. The van der Waals surface area contributed by atoms with E-state index in [1.54, 1.807) is 41.3 Å². The Hall–Kier alpha value is -3.86. The molecule has 1 aromatic heterocycles. The van der Waals surface area contributed by atoms with E-state index < -0.39 is 0 Å². The highest BCUT2D eigenvalue weighted by molar-refractivity contribution is 6.35. The van der Waals surface area contributed by atoms with E-state index in [0.29, 0.717) is 45.6 Å². The van der Waals surface area contributed by atoms with Crippen molar-refractivity contribution < 1.29 is 9.59 Å². The third-order valence-electron chi connectivity index (χ3n) is 7.53. The van der Waals surface area contributed by atoms with Crippen LogP contribution in [0.15, 0.2) is 60.7 Å². The molecule has 0 radical (unpaired) electrons. The predicted molar refractivity (Wildman–Crippen MR) is 159 cm³/mol. The number of hydrogen-bond acceptors (Lipinski definition) is 4. The van der Waals surface area contributed by atoms with Crippen molar-refractivity contribution in [1.29, 1.82) is 5.26 Å². The molecule has 5 rings (SSSR count). The second-order valence-electron chi connectivity index (χ2n) is 10.1. The maximum Gasteiger partial charge on any atom is 0.257 e. The van der Waals surface area contributed by atoms with Crippen molar-refractivity contribution in [3.8, 4) is 6.07 Å². The van der Waals surface area contributed by atoms with Gasteiger partial charge in [0.15, 0.2) is 0 Å². The number of aromatic nitrogens is 2. The number of nitrogens with zero attached hydrogens (tertiary/aromatic N) is 4. The van der Waals surface area contributed by atoms with Crippen LogP contribution in [-0.4, -0.2) is 28.4 Å². The van der Waals surface area contributed by atoms with Gasteiger partial charge in [-0.2, -0.15) is 5.26 Å². The Labute approximate surface area is 243 Å². The first kappa shape index (κ1) is 27.7. The number of nitriles is 1. The number of aryl methyl sites for hydroxylation is 2. The molecular formula is C31H29Cl2N5O2. The summed E-state index contributed by atoms with van der Waals surface area (Å²) in [6.07, 6.45) is 5.82. The fraction of sp³-hybridized carbons (Fsp3) is 0.290. The van der Waals surface area contributed by atoms with Gasteiger partial charge in [0.2, 0.25) is 11.9 Å². The number of nitrogens with one attached hydrogen (secondary N) is 1. The molecule has 9 heteroatoms. The summed E-state index contributed by atoms with van der Waals surface area (Å²) in [6.45, 7) is 0.497. The second-order valence-corrected chi connectivity index (χ2v) is 11.0. The number of amides is 2. The van der Waals surface area contributed by atoms with Gasteiger partial charge >= 0.3 is 0 Å². The van der Waals surface area contributed by atoms with Crippen LogP contribution in [0, 0.1) is 17.2 Å². The molecule has 40 heavy (non-hydrogen) atoms. The fourth-order valence-corrected chi connectivity index (χ4v) is 5.73. The first-order chi connectivity index (χ1) is 19.3. The van der Waals surface area contributed by atoms with Gasteiger partial charge in [-0.1, -0.05) is 48.5 Å². The molecule has 0 spiro atoms. The Balaban J connectivity index is 1.46. The molecule has 2 amide bonds. The molecule has 0 atom stereocenters. The first-order valence-electron chi connectivity index (χ1n) is 13.4. The maximum atomic E-state index is 13.2. The van der Waals surface area contributed by atoms with E-state index in [-0.39, 0.29) is 17.7 Å². The summed E-state index contributed by atoms with van der Waals surface area (Å²) in [5, 5.41) is 13.1. The number of benzene rings is 3. The third-order valence-corrected chi connectivity index (χ3v) is 8.11. The average molecular weight is 575 g/mol. The minimum absolute atomic E-state index is 0.0541. The van der Waals surface area contributed by atoms with Crippen molar-refractivity contribution in [3.05, 3.63) is 87.4 Å². The molecule has 0 bridgehead atoms. The molecule has 0 saturated heterocycles. The van der Waals surface area contributed by atoms with Crippen LogP contribution in [-0.2, 0) is 17.8 Å². The molecule has 7 nitrogen and oxygen atoms in total. The van der Waals surface area contributed by atoms with Gasteiger partial charge in [0.25, 0.3) is 5.91 Å². The number of rotatable bonds is 7. The molecule has 1 aliphatic carbocycles. The smallest absolute Gasteiger partial charge is 0.257 e. The number of hydrogen-bond donors (Lipinski definition) is 1. The molecular weight excluding hydrogens is 545 g/mol. The topological polar surface area (TPSA) is 91.0 Å². The standard InChI is InChI=1S/C31H29Cl2N5O2/c1-37(30(40)23-5-3-2-4-6-23)25-13-14-28-27(18-25)35-31(36-29(39)22-9-7-20(19-34)8-10-22)38(28)16-15-21-11-12-24(32)17-26(21)33/h7-14,17-18,23H,2-6,15-16H2,1H3,(H,35,36,39). The molecule has 0 aliphatic heterocycles. The molecule has 4 aromatic rings.